The van der Waals surface area contributed by atoms with Crippen molar-refractivity contribution in [2.24, 2.45) is 5.92 Å². The maximum absolute atomic E-state index is 11.2. The third-order valence-electron chi connectivity index (χ3n) is 6.54. The van der Waals surface area contributed by atoms with E-state index in [9.17, 15) is 4.79 Å². The number of aromatic amines is 1. The Morgan fingerprint density at radius 3 is 2.62 bits per heavy atom. The molecule has 2 N–H and O–H groups in total. The minimum Gasteiger partial charge on any atom is -0.478 e. The molecule has 0 radical (unpaired) electrons. The van der Waals surface area contributed by atoms with Crippen LogP contribution in [0.3, 0.4) is 0 Å². The van der Waals surface area contributed by atoms with Gasteiger partial charge in [-0.3, -0.25) is 4.98 Å². The first-order chi connectivity index (χ1) is 18.0. The van der Waals surface area contributed by atoms with Crippen molar-refractivity contribution >= 4 is 17.6 Å². The standard InChI is InChI=1S/C26H21ClN8O2/c27-20-8-10-24(35-15-29-31-33-35)21(12-20)19-7-9-22(28-13-19)25(11-16-1-2-16)34-14-23(30-32-34)17-3-5-18(6-4-17)26(36)37/h3-10,12-16,25H,1-2,11H2,(H,36,37)/p+1. The van der Waals surface area contributed by atoms with Crippen LogP contribution in [0.15, 0.2) is 73.3 Å². The monoisotopic (exact) mass is 513 g/mol. The number of benzene rings is 2. The number of H-pyrrole nitrogens is 1. The maximum Gasteiger partial charge on any atom is 0.335 e. The van der Waals surface area contributed by atoms with E-state index < -0.39 is 5.97 Å². The SMILES string of the molecule is O=C(O)c1ccc(-c2cn(C(CC3CC3)c3ccc(-c4cc(Cl)ccc4-[n+]4cnn[nH]4)cn3)nn2)cc1. The molecule has 0 amide bonds. The van der Waals surface area contributed by atoms with E-state index in [0.29, 0.717) is 16.6 Å². The Balaban J connectivity index is 1.31. The number of rotatable bonds is 8. The van der Waals surface area contributed by atoms with Gasteiger partial charge in [-0.25, -0.2) is 9.48 Å². The van der Waals surface area contributed by atoms with Gasteiger partial charge in [-0.05, 0) is 48.7 Å². The van der Waals surface area contributed by atoms with Gasteiger partial charge < -0.3 is 5.11 Å². The molecule has 1 unspecified atom stereocenters. The zero-order valence-corrected chi connectivity index (χ0v) is 20.3. The molecule has 184 valence electrons. The van der Waals surface area contributed by atoms with E-state index in [-0.39, 0.29) is 11.6 Å². The van der Waals surface area contributed by atoms with Crippen molar-refractivity contribution in [3.05, 3.63) is 89.6 Å². The number of carboxylic acids is 1. The molecular formula is C26H22ClN8O2+. The minimum absolute atomic E-state index is 0.0638. The summed E-state index contributed by atoms with van der Waals surface area (Å²) in [5.74, 6) is -0.322. The Labute approximate surface area is 216 Å². The minimum atomic E-state index is -0.959. The van der Waals surface area contributed by atoms with Crippen LogP contribution >= 0.6 is 11.6 Å². The van der Waals surface area contributed by atoms with Crippen LogP contribution in [0, 0.1) is 5.92 Å². The lowest BCUT2D eigenvalue weighted by molar-refractivity contribution is -0.659. The highest BCUT2D eigenvalue weighted by Gasteiger charge is 2.29. The second-order valence-corrected chi connectivity index (χ2v) is 9.53. The second-order valence-electron chi connectivity index (χ2n) is 9.10. The van der Waals surface area contributed by atoms with Crippen LogP contribution in [0.2, 0.25) is 5.02 Å². The van der Waals surface area contributed by atoms with Crippen molar-refractivity contribution in [3.63, 3.8) is 0 Å². The molecule has 0 saturated heterocycles. The number of halogens is 1. The normalized spacial score (nSPS) is 14.0. The largest absolute Gasteiger partial charge is 0.478 e. The van der Waals surface area contributed by atoms with E-state index >= 15 is 0 Å². The summed E-state index contributed by atoms with van der Waals surface area (Å²) in [5, 5.41) is 29.0. The number of carbonyl (C=O) groups is 1. The van der Waals surface area contributed by atoms with E-state index in [2.05, 4.69) is 25.8 Å². The Morgan fingerprint density at radius 1 is 1.14 bits per heavy atom. The Hall–Kier alpha value is -4.44. The van der Waals surface area contributed by atoms with E-state index in [0.717, 1.165) is 34.5 Å². The highest BCUT2D eigenvalue weighted by atomic mass is 35.5. The molecule has 6 rings (SSSR count). The molecule has 0 aliphatic heterocycles. The molecule has 2 aromatic carbocycles. The fraction of sp³-hybridized carbons (Fsp3) is 0.192. The van der Waals surface area contributed by atoms with Gasteiger partial charge in [0.1, 0.15) is 16.5 Å². The molecule has 0 bridgehead atoms. The Kier molecular flexibility index (Phi) is 5.93. The average Bonchev–Trinajstić information content (AvgIpc) is 3.36. The lowest BCUT2D eigenvalue weighted by Gasteiger charge is -2.17. The molecular weight excluding hydrogens is 492 g/mol. The maximum atomic E-state index is 11.2. The molecule has 1 fully saturated rings. The summed E-state index contributed by atoms with van der Waals surface area (Å²) in [6.45, 7) is 0. The lowest BCUT2D eigenvalue weighted by atomic mass is 10.0. The summed E-state index contributed by atoms with van der Waals surface area (Å²) < 4.78 is 3.58. The summed E-state index contributed by atoms with van der Waals surface area (Å²) >= 11 is 6.31. The fourth-order valence-electron chi connectivity index (χ4n) is 4.38. The lowest BCUT2D eigenvalue weighted by Crippen LogP contribution is -2.32. The zero-order chi connectivity index (χ0) is 25.4. The van der Waals surface area contributed by atoms with Crippen molar-refractivity contribution in [2.75, 3.05) is 0 Å². The topological polar surface area (TPSA) is 126 Å². The van der Waals surface area contributed by atoms with Crippen molar-refractivity contribution in [2.45, 2.75) is 25.3 Å². The summed E-state index contributed by atoms with van der Waals surface area (Å²) in [6, 6.07) is 16.2. The number of aromatic nitrogens is 8. The Bertz CT molecular complexity index is 1540. The van der Waals surface area contributed by atoms with Gasteiger partial charge in [0, 0.05) is 27.9 Å². The van der Waals surface area contributed by atoms with E-state index in [1.807, 2.05) is 47.4 Å². The van der Waals surface area contributed by atoms with Crippen molar-refractivity contribution < 1.29 is 14.6 Å². The van der Waals surface area contributed by atoms with Gasteiger partial charge in [-0.15, -0.1) is 9.78 Å². The predicted molar refractivity (Wildman–Crippen MR) is 134 cm³/mol. The number of nitrogens with zero attached hydrogens (tertiary/aromatic N) is 7. The van der Waals surface area contributed by atoms with Crippen LogP contribution in [0.4, 0.5) is 0 Å². The van der Waals surface area contributed by atoms with Crippen LogP contribution in [0.5, 0.6) is 0 Å². The number of carboxylic acid groups (broad SMARTS) is 1. The number of aromatic carboxylic acids is 1. The molecule has 0 spiro atoms. The van der Waals surface area contributed by atoms with Gasteiger partial charge in [0.25, 0.3) is 6.33 Å². The molecule has 3 aromatic heterocycles. The van der Waals surface area contributed by atoms with Gasteiger partial charge in [0.2, 0.25) is 0 Å². The summed E-state index contributed by atoms with van der Waals surface area (Å²) in [7, 11) is 0. The molecule has 10 nitrogen and oxygen atoms in total. The van der Waals surface area contributed by atoms with Crippen molar-refractivity contribution in [1.29, 1.82) is 0 Å². The number of hydrogen-bond acceptors (Lipinski definition) is 6. The van der Waals surface area contributed by atoms with Gasteiger partial charge in [0.05, 0.1) is 23.5 Å². The van der Waals surface area contributed by atoms with Crippen LogP contribution in [0.25, 0.3) is 28.1 Å². The smallest absolute Gasteiger partial charge is 0.335 e. The van der Waals surface area contributed by atoms with Crippen LogP contribution in [0.1, 0.15) is 41.4 Å². The molecule has 11 heteroatoms. The van der Waals surface area contributed by atoms with Crippen LogP contribution in [-0.2, 0) is 0 Å². The first-order valence-electron chi connectivity index (χ1n) is 11.8. The Morgan fingerprint density at radius 2 is 1.95 bits per heavy atom. The highest BCUT2D eigenvalue weighted by Crippen LogP contribution is 2.39. The third kappa shape index (κ3) is 4.83. The molecule has 3 heterocycles. The number of pyridine rings is 1. The first kappa shape index (κ1) is 23.0. The predicted octanol–water partition coefficient (Wildman–Crippen LogP) is 4.14. The molecule has 1 aliphatic carbocycles. The quantitative estimate of drug-likeness (QED) is 0.298. The second kappa shape index (κ2) is 9.55. The van der Waals surface area contributed by atoms with Crippen molar-refractivity contribution in [3.8, 4) is 28.1 Å². The third-order valence-corrected chi connectivity index (χ3v) is 6.78. The summed E-state index contributed by atoms with van der Waals surface area (Å²) in [4.78, 5) is 16.0. The molecule has 1 aliphatic rings. The fourth-order valence-corrected chi connectivity index (χ4v) is 4.56. The summed E-state index contributed by atoms with van der Waals surface area (Å²) in [5.41, 5.74) is 5.28. The van der Waals surface area contributed by atoms with Gasteiger partial charge in [-0.2, -0.15) is 0 Å². The molecule has 1 atom stereocenters. The van der Waals surface area contributed by atoms with Gasteiger partial charge in [0.15, 0.2) is 5.21 Å². The summed E-state index contributed by atoms with van der Waals surface area (Å²) in [6.07, 6.45) is 8.66. The number of nitrogens with one attached hydrogen (secondary N) is 1. The van der Waals surface area contributed by atoms with Crippen LogP contribution in [-0.4, -0.2) is 46.6 Å². The number of tetrazole rings is 1. The van der Waals surface area contributed by atoms with Crippen molar-refractivity contribution in [1.82, 2.24) is 35.5 Å². The van der Waals surface area contributed by atoms with Gasteiger partial charge >= 0.3 is 5.97 Å². The van der Waals surface area contributed by atoms with E-state index in [1.165, 1.54) is 12.8 Å². The zero-order valence-electron chi connectivity index (χ0n) is 19.6. The molecule has 37 heavy (non-hydrogen) atoms. The van der Waals surface area contributed by atoms with E-state index in [4.69, 9.17) is 21.7 Å². The van der Waals surface area contributed by atoms with Crippen LogP contribution < -0.4 is 4.68 Å². The highest BCUT2D eigenvalue weighted by molar-refractivity contribution is 6.31. The first-order valence-corrected chi connectivity index (χ1v) is 12.2. The number of hydrogen-bond donors (Lipinski definition) is 2. The molecule has 5 aromatic rings. The van der Waals surface area contributed by atoms with E-state index in [1.54, 1.807) is 35.3 Å². The van der Waals surface area contributed by atoms with Gasteiger partial charge in [-0.1, -0.05) is 53.1 Å². The average molecular weight is 514 g/mol. The molecule has 1 saturated carbocycles.